The third kappa shape index (κ3) is 3.98. The SMILES string of the molecule is CC(NC(=O)c1ccnc(Cl)c1)c1cccc(C(F)(F)F)c1. The van der Waals surface area contributed by atoms with Crippen molar-refractivity contribution in [3.05, 3.63) is 64.4 Å². The van der Waals surface area contributed by atoms with Crippen molar-refractivity contribution >= 4 is 17.5 Å². The van der Waals surface area contributed by atoms with Crippen LogP contribution in [0.3, 0.4) is 0 Å². The molecule has 3 nitrogen and oxygen atoms in total. The molecule has 1 atom stereocenters. The van der Waals surface area contributed by atoms with Gasteiger partial charge in [0.1, 0.15) is 5.15 Å². The van der Waals surface area contributed by atoms with Gasteiger partial charge in [0.2, 0.25) is 0 Å². The van der Waals surface area contributed by atoms with Crippen LogP contribution >= 0.6 is 11.6 Å². The number of benzene rings is 1. The lowest BCUT2D eigenvalue weighted by Crippen LogP contribution is -2.26. The summed E-state index contributed by atoms with van der Waals surface area (Å²) < 4.78 is 38.1. The Balaban J connectivity index is 2.15. The highest BCUT2D eigenvalue weighted by molar-refractivity contribution is 6.29. The van der Waals surface area contributed by atoms with Gasteiger partial charge in [-0.05, 0) is 36.8 Å². The predicted molar refractivity (Wildman–Crippen MR) is 76.6 cm³/mol. The molecule has 2 rings (SSSR count). The van der Waals surface area contributed by atoms with E-state index in [4.69, 9.17) is 11.6 Å². The zero-order chi connectivity index (χ0) is 16.3. The fourth-order valence-electron chi connectivity index (χ4n) is 1.89. The van der Waals surface area contributed by atoms with Crippen LogP contribution in [0.5, 0.6) is 0 Å². The van der Waals surface area contributed by atoms with Gasteiger partial charge in [0, 0.05) is 11.8 Å². The molecule has 1 unspecified atom stereocenters. The van der Waals surface area contributed by atoms with Crippen LogP contribution in [0, 0.1) is 0 Å². The summed E-state index contributed by atoms with van der Waals surface area (Å²) in [4.78, 5) is 15.8. The van der Waals surface area contributed by atoms with E-state index in [2.05, 4.69) is 10.3 Å². The van der Waals surface area contributed by atoms with Gasteiger partial charge in [-0.1, -0.05) is 23.7 Å². The van der Waals surface area contributed by atoms with Crippen LogP contribution < -0.4 is 5.32 Å². The summed E-state index contributed by atoms with van der Waals surface area (Å²) in [6.07, 6.45) is -3.04. The van der Waals surface area contributed by atoms with Gasteiger partial charge in [0.15, 0.2) is 0 Å². The standard InChI is InChI=1S/C15H12ClF3N2O/c1-9(10-3-2-4-12(7-10)15(17,18)19)21-14(22)11-5-6-20-13(16)8-11/h2-9H,1H3,(H,21,22). The second-order valence-electron chi connectivity index (χ2n) is 4.69. The summed E-state index contributed by atoms with van der Waals surface area (Å²) in [6.45, 7) is 1.61. The van der Waals surface area contributed by atoms with Gasteiger partial charge in [-0.3, -0.25) is 4.79 Å². The Morgan fingerprint density at radius 3 is 2.64 bits per heavy atom. The zero-order valence-electron chi connectivity index (χ0n) is 11.5. The molecular weight excluding hydrogens is 317 g/mol. The van der Waals surface area contributed by atoms with Gasteiger partial charge < -0.3 is 5.32 Å². The number of halogens is 4. The van der Waals surface area contributed by atoms with Crippen LogP contribution in [0.4, 0.5) is 13.2 Å². The first-order valence-corrected chi connectivity index (χ1v) is 6.75. The Bertz CT molecular complexity index is 688. The quantitative estimate of drug-likeness (QED) is 0.856. The molecule has 116 valence electrons. The maximum Gasteiger partial charge on any atom is 0.416 e. The Morgan fingerprint density at radius 1 is 1.27 bits per heavy atom. The average Bonchev–Trinajstić information content (AvgIpc) is 2.46. The van der Waals surface area contributed by atoms with Crippen molar-refractivity contribution < 1.29 is 18.0 Å². The number of aromatic nitrogens is 1. The Labute approximate surface area is 130 Å². The molecule has 0 spiro atoms. The smallest absolute Gasteiger partial charge is 0.346 e. The molecule has 0 aliphatic heterocycles. The highest BCUT2D eigenvalue weighted by Crippen LogP contribution is 2.30. The Morgan fingerprint density at radius 2 is 2.00 bits per heavy atom. The molecule has 22 heavy (non-hydrogen) atoms. The summed E-state index contributed by atoms with van der Waals surface area (Å²) in [5.41, 5.74) is -0.0970. The third-order valence-electron chi connectivity index (χ3n) is 3.05. The lowest BCUT2D eigenvalue weighted by Gasteiger charge is -2.16. The number of nitrogens with one attached hydrogen (secondary N) is 1. The van der Waals surface area contributed by atoms with E-state index in [-0.39, 0.29) is 5.15 Å². The molecule has 1 aromatic heterocycles. The first-order valence-electron chi connectivity index (χ1n) is 6.37. The van der Waals surface area contributed by atoms with Gasteiger partial charge in [0.25, 0.3) is 5.91 Å². The van der Waals surface area contributed by atoms with E-state index < -0.39 is 23.7 Å². The minimum atomic E-state index is -4.42. The van der Waals surface area contributed by atoms with Crippen molar-refractivity contribution in [3.8, 4) is 0 Å². The van der Waals surface area contributed by atoms with Crippen LogP contribution in [0.15, 0.2) is 42.6 Å². The second-order valence-corrected chi connectivity index (χ2v) is 5.07. The van der Waals surface area contributed by atoms with Gasteiger partial charge in [-0.25, -0.2) is 4.98 Å². The molecule has 1 N–H and O–H groups in total. The molecule has 0 fully saturated rings. The van der Waals surface area contributed by atoms with Crippen LogP contribution in [-0.2, 0) is 6.18 Å². The van der Waals surface area contributed by atoms with Crippen molar-refractivity contribution in [1.29, 1.82) is 0 Å². The molecule has 0 radical (unpaired) electrons. The number of hydrogen-bond donors (Lipinski definition) is 1. The van der Waals surface area contributed by atoms with Crippen molar-refractivity contribution in [2.75, 3.05) is 0 Å². The normalized spacial score (nSPS) is 12.8. The average molecular weight is 329 g/mol. The monoisotopic (exact) mass is 328 g/mol. The highest BCUT2D eigenvalue weighted by atomic mass is 35.5. The lowest BCUT2D eigenvalue weighted by atomic mass is 10.0. The van der Waals surface area contributed by atoms with Gasteiger partial charge in [-0.2, -0.15) is 13.2 Å². The van der Waals surface area contributed by atoms with E-state index in [1.165, 1.54) is 30.5 Å². The van der Waals surface area contributed by atoms with Crippen LogP contribution in [-0.4, -0.2) is 10.9 Å². The summed E-state index contributed by atoms with van der Waals surface area (Å²) in [5.74, 6) is -0.436. The molecule has 0 saturated heterocycles. The Kier molecular flexibility index (Phi) is 4.71. The van der Waals surface area contributed by atoms with Crippen molar-refractivity contribution in [2.24, 2.45) is 0 Å². The first-order chi connectivity index (χ1) is 10.3. The third-order valence-corrected chi connectivity index (χ3v) is 3.26. The van der Waals surface area contributed by atoms with Crippen LogP contribution in [0.1, 0.15) is 34.5 Å². The van der Waals surface area contributed by atoms with Crippen molar-refractivity contribution in [2.45, 2.75) is 19.1 Å². The molecule has 7 heteroatoms. The first kappa shape index (κ1) is 16.3. The summed E-state index contributed by atoms with van der Waals surface area (Å²) >= 11 is 5.70. The minimum Gasteiger partial charge on any atom is -0.346 e. The van der Waals surface area contributed by atoms with Gasteiger partial charge in [-0.15, -0.1) is 0 Å². The number of nitrogens with zero attached hydrogens (tertiary/aromatic N) is 1. The van der Waals surface area contributed by atoms with E-state index in [0.717, 1.165) is 12.1 Å². The molecule has 1 aromatic carbocycles. The fourth-order valence-corrected chi connectivity index (χ4v) is 2.07. The molecule has 2 aromatic rings. The maximum absolute atomic E-state index is 12.7. The topological polar surface area (TPSA) is 42.0 Å². The molecule has 0 aliphatic carbocycles. The number of pyridine rings is 1. The summed E-state index contributed by atoms with van der Waals surface area (Å²) in [6, 6.07) is 7.12. The van der Waals surface area contributed by atoms with Gasteiger partial charge in [0.05, 0.1) is 11.6 Å². The second kappa shape index (κ2) is 6.36. The Hall–Kier alpha value is -2.08. The van der Waals surface area contributed by atoms with E-state index in [0.29, 0.717) is 11.1 Å². The molecule has 0 saturated carbocycles. The summed E-state index contributed by atoms with van der Waals surface area (Å²) in [5, 5.41) is 2.79. The fraction of sp³-hybridized carbons (Fsp3) is 0.200. The van der Waals surface area contributed by atoms with E-state index in [1.807, 2.05) is 0 Å². The lowest BCUT2D eigenvalue weighted by molar-refractivity contribution is -0.137. The van der Waals surface area contributed by atoms with Crippen LogP contribution in [0.2, 0.25) is 5.15 Å². The molecular formula is C15H12ClF3N2O. The van der Waals surface area contributed by atoms with E-state index >= 15 is 0 Å². The molecule has 1 heterocycles. The van der Waals surface area contributed by atoms with E-state index in [1.54, 1.807) is 6.92 Å². The number of hydrogen-bond acceptors (Lipinski definition) is 2. The number of carbonyl (C=O) groups is 1. The number of alkyl halides is 3. The zero-order valence-corrected chi connectivity index (χ0v) is 12.2. The number of amides is 1. The number of rotatable bonds is 3. The highest BCUT2D eigenvalue weighted by Gasteiger charge is 2.30. The molecule has 1 amide bonds. The van der Waals surface area contributed by atoms with Crippen molar-refractivity contribution in [3.63, 3.8) is 0 Å². The molecule has 0 bridgehead atoms. The van der Waals surface area contributed by atoms with Gasteiger partial charge >= 0.3 is 6.18 Å². The van der Waals surface area contributed by atoms with Crippen LogP contribution in [0.25, 0.3) is 0 Å². The van der Waals surface area contributed by atoms with E-state index in [9.17, 15) is 18.0 Å². The number of carbonyl (C=O) groups excluding carboxylic acids is 1. The molecule has 0 aliphatic rings. The minimum absolute atomic E-state index is 0.166. The predicted octanol–water partition coefficient (Wildman–Crippen LogP) is 4.24. The van der Waals surface area contributed by atoms with Crippen molar-refractivity contribution in [1.82, 2.24) is 10.3 Å². The maximum atomic E-state index is 12.7. The summed E-state index contributed by atoms with van der Waals surface area (Å²) in [7, 11) is 0. The largest absolute Gasteiger partial charge is 0.416 e.